The molecule has 0 amide bonds. The van der Waals surface area contributed by atoms with E-state index < -0.39 is 0 Å². The molecule has 2 heterocycles. The lowest BCUT2D eigenvalue weighted by atomic mass is 10.2. The van der Waals surface area contributed by atoms with Crippen LogP contribution in [0.5, 0.6) is 0 Å². The van der Waals surface area contributed by atoms with Crippen LogP contribution in [0.1, 0.15) is 31.4 Å². The minimum absolute atomic E-state index is 0.260. The average molecular weight is 335 g/mol. The Hall–Kier alpha value is -1.53. The Morgan fingerprint density at radius 2 is 2.33 bits per heavy atom. The average Bonchev–Trinajstić information content (AvgIpc) is 3.07. The molecule has 1 aliphatic heterocycles. The van der Waals surface area contributed by atoms with Gasteiger partial charge in [-0.3, -0.25) is 4.99 Å². The maximum Gasteiger partial charge on any atom is 0.191 e. The summed E-state index contributed by atoms with van der Waals surface area (Å²) in [6, 6.07) is 4.24. The van der Waals surface area contributed by atoms with Crippen LogP contribution in [-0.4, -0.2) is 51.5 Å². The lowest BCUT2D eigenvalue weighted by Crippen LogP contribution is -2.47. The predicted octanol–water partition coefficient (Wildman–Crippen LogP) is 1.96. The molecule has 1 aromatic heterocycles. The Bertz CT molecular complexity index is 494. The number of nitrogens with one attached hydrogen (secondary N) is 2. The highest BCUT2D eigenvalue weighted by Crippen LogP contribution is 2.32. The quantitative estimate of drug-likeness (QED) is 0.533. The van der Waals surface area contributed by atoms with E-state index >= 15 is 0 Å². The van der Waals surface area contributed by atoms with Gasteiger partial charge in [0.15, 0.2) is 5.96 Å². The summed E-state index contributed by atoms with van der Waals surface area (Å²) >= 11 is 0. The summed E-state index contributed by atoms with van der Waals surface area (Å²) in [5.74, 6) is 2.53. The third-order valence-electron chi connectivity index (χ3n) is 4.58. The highest BCUT2D eigenvalue weighted by molar-refractivity contribution is 5.80. The van der Waals surface area contributed by atoms with E-state index in [4.69, 9.17) is 18.9 Å². The molecule has 1 aliphatic carbocycles. The zero-order valence-electron chi connectivity index (χ0n) is 14.5. The van der Waals surface area contributed by atoms with Crippen molar-refractivity contribution in [2.45, 2.75) is 44.2 Å². The van der Waals surface area contributed by atoms with Crippen LogP contribution in [0.4, 0.5) is 0 Å². The van der Waals surface area contributed by atoms with Gasteiger partial charge in [-0.15, -0.1) is 0 Å². The number of ether oxygens (including phenoxy) is 2. The molecular weight excluding hydrogens is 306 g/mol. The molecule has 134 valence electrons. The standard InChI is InChI=1S/C18H29N3O3/c1-22-13-17(14-6-7-14)21-18(20-12-16-5-3-11-24-16)19-9-8-15-4-2-10-23-15/h2,4,10,14,16-17H,3,5-9,11-13H2,1H3,(H2,19,20,21). The molecule has 1 aromatic rings. The highest BCUT2D eigenvalue weighted by Gasteiger charge is 2.31. The Morgan fingerprint density at radius 3 is 3.00 bits per heavy atom. The predicted molar refractivity (Wildman–Crippen MR) is 93.2 cm³/mol. The molecule has 2 fully saturated rings. The van der Waals surface area contributed by atoms with Crippen LogP contribution in [0, 0.1) is 5.92 Å². The Kier molecular flexibility index (Phi) is 6.55. The van der Waals surface area contributed by atoms with Gasteiger partial charge in [-0.1, -0.05) is 0 Å². The van der Waals surface area contributed by atoms with E-state index in [0.29, 0.717) is 25.1 Å². The van der Waals surface area contributed by atoms with E-state index in [1.54, 1.807) is 13.4 Å². The normalized spacial score (nSPS) is 22.5. The van der Waals surface area contributed by atoms with E-state index in [2.05, 4.69) is 10.6 Å². The summed E-state index contributed by atoms with van der Waals surface area (Å²) in [4.78, 5) is 4.74. The number of aliphatic imine (C=N–C) groups is 1. The zero-order chi connectivity index (χ0) is 16.6. The van der Waals surface area contributed by atoms with Crippen LogP contribution in [0.15, 0.2) is 27.8 Å². The molecular formula is C18H29N3O3. The van der Waals surface area contributed by atoms with E-state index in [-0.39, 0.29) is 6.10 Å². The summed E-state index contributed by atoms with van der Waals surface area (Å²) in [6.45, 7) is 3.07. The van der Waals surface area contributed by atoms with Crippen LogP contribution in [0.3, 0.4) is 0 Å². The number of guanidine groups is 1. The monoisotopic (exact) mass is 335 g/mol. The van der Waals surface area contributed by atoms with Crippen molar-refractivity contribution in [1.82, 2.24) is 10.6 Å². The van der Waals surface area contributed by atoms with E-state index in [0.717, 1.165) is 44.1 Å². The molecule has 24 heavy (non-hydrogen) atoms. The fourth-order valence-electron chi connectivity index (χ4n) is 3.04. The maximum atomic E-state index is 5.68. The largest absolute Gasteiger partial charge is 0.469 e. The van der Waals surface area contributed by atoms with Crippen LogP contribution < -0.4 is 10.6 Å². The molecule has 0 radical (unpaired) electrons. The van der Waals surface area contributed by atoms with Gasteiger partial charge in [-0.05, 0) is 43.7 Å². The van der Waals surface area contributed by atoms with Crippen LogP contribution >= 0.6 is 0 Å². The molecule has 2 N–H and O–H groups in total. The summed E-state index contributed by atoms with van der Waals surface area (Å²) in [5, 5.41) is 6.97. The highest BCUT2D eigenvalue weighted by atomic mass is 16.5. The number of hydrogen-bond acceptors (Lipinski definition) is 4. The van der Waals surface area contributed by atoms with Gasteiger partial charge in [0.05, 0.1) is 31.6 Å². The van der Waals surface area contributed by atoms with Crippen molar-refractivity contribution in [2.75, 3.05) is 33.4 Å². The van der Waals surface area contributed by atoms with Crippen molar-refractivity contribution in [3.8, 4) is 0 Å². The van der Waals surface area contributed by atoms with Gasteiger partial charge in [0.25, 0.3) is 0 Å². The molecule has 2 unspecified atom stereocenters. The first-order valence-electron chi connectivity index (χ1n) is 9.03. The van der Waals surface area contributed by atoms with E-state index in [1.165, 1.54) is 12.8 Å². The molecule has 2 atom stereocenters. The van der Waals surface area contributed by atoms with E-state index in [9.17, 15) is 0 Å². The minimum atomic E-state index is 0.260. The number of nitrogens with zero attached hydrogens (tertiary/aromatic N) is 1. The van der Waals surface area contributed by atoms with Crippen molar-refractivity contribution in [1.29, 1.82) is 0 Å². The lowest BCUT2D eigenvalue weighted by Gasteiger charge is -2.21. The number of furan rings is 1. The number of rotatable bonds is 9. The summed E-state index contributed by atoms with van der Waals surface area (Å²) < 4.78 is 16.4. The molecule has 1 saturated heterocycles. The SMILES string of the molecule is COCC(NC(=NCC1CCCO1)NCCc1ccco1)C1CC1. The summed E-state index contributed by atoms with van der Waals surface area (Å²) in [7, 11) is 1.75. The second kappa shape index (κ2) is 9.08. The second-order valence-electron chi connectivity index (χ2n) is 6.62. The Labute approximate surface area is 144 Å². The molecule has 6 nitrogen and oxygen atoms in total. The van der Waals surface area contributed by atoms with Gasteiger partial charge in [-0.25, -0.2) is 0 Å². The van der Waals surface area contributed by atoms with Crippen LogP contribution in [-0.2, 0) is 15.9 Å². The van der Waals surface area contributed by atoms with Crippen LogP contribution in [0.25, 0.3) is 0 Å². The lowest BCUT2D eigenvalue weighted by molar-refractivity contribution is 0.117. The molecule has 0 bridgehead atoms. The Balaban J connectivity index is 1.52. The summed E-state index contributed by atoms with van der Waals surface area (Å²) in [6.07, 6.45) is 7.60. The Morgan fingerprint density at radius 1 is 1.42 bits per heavy atom. The first-order valence-corrected chi connectivity index (χ1v) is 9.03. The first kappa shape index (κ1) is 17.3. The fraction of sp³-hybridized carbons (Fsp3) is 0.722. The van der Waals surface area contributed by atoms with Gasteiger partial charge < -0.3 is 24.5 Å². The molecule has 0 aromatic carbocycles. The van der Waals surface area contributed by atoms with Crippen molar-refractivity contribution in [3.05, 3.63) is 24.2 Å². The van der Waals surface area contributed by atoms with E-state index in [1.807, 2.05) is 12.1 Å². The van der Waals surface area contributed by atoms with Gasteiger partial charge >= 0.3 is 0 Å². The van der Waals surface area contributed by atoms with Crippen molar-refractivity contribution >= 4 is 5.96 Å². The van der Waals surface area contributed by atoms with Gasteiger partial charge in [0.1, 0.15) is 5.76 Å². The first-order chi connectivity index (χ1) is 11.8. The third-order valence-corrected chi connectivity index (χ3v) is 4.58. The summed E-state index contributed by atoms with van der Waals surface area (Å²) in [5.41, 5.74) is 0. The second-order valence-corrected chi connectivity index (χ2v) is 6.62. The third kappa shape index (κ3) is 5.53. The maximum absolute atomic E-state index is 5.68. The molecule has 2 aliphatic rings. The number of methoxy groups -OCH3 is 1. The molecule has 1 saturated carbocycles. The van der Waals surface area contributed by atoms with Gasteiger partial charge in [-0.2, -0.15) is 0 Å². The van der Waals surface area contributed by atoms with Crippen LogP contribution in [0.2, 0.25) is 0 Å². The van der Waals surface area contributed by atoms with Crippen molar-refractivity contribution < 1.29 is 13.9 Å². The van der Waals surface area contributed by atoms with Gasteiger partial charge in [0.2, 0.25) is 0 Å². The van der Waals surface area contributed by atoms with Crippen molar-refractivity contribution in [2.24, 2.45) is 10.9 Å². The molecule has 0 spiro atoms. The smallest absolute Gasteiger partial charge is 0.191 e. The number of hydrogen-bond donors (Lipinski definition) is 2. The minimum Gasteiger partial charge on any atom is -0.469 e. The van der Waals surface area contributed by atoms with Crippen molar-refractivity contribution in [3.63, 3.8) is 0 Å². The topological polar surface area (TPSA) is 68.0 Å². The fourth-order valence-corrected chi connectivity index (χ4v) is 3.04. The zero-order valence-corrected chi connectivity index (χ0v) is 14.5. The van der Waals surface area contributed by atoms with Gasteiger partial charge in [0, 0.05) is 26.7 Å². The molecule has 3 rings (SSSR count). The molecule has 6 heteroatoms.